The van der Waals surface area contributed by atoms with Crippen molar-refractivity contribution < 1.29 is 19.0 Å². The van der Waals surface area contributed by atoms with Gasteiger partial charge in [0, 0.05) is 17.7 Å². The molecule has 2 rings (SSSR count). The summed E-state index contributed by atoms with van der Waals surface area (Å²) >= 11 is 0. The van der Waals surface area contributed by atoms with Crippen LogP contribution in [0.3, 0.4) is 0 Å². The SMILES string of the molecule is CC(NCc1ccccc1OCc1ccccc1F)C(=O)O. The van der Waals surface area contributed by atoms with Crippen molar-refractivity contribution in [2.24, 2.45) is 0 Å². The number of carbonyl (C=O) groups is 1. The van der Waals surface area contributed by atoms with E-state index in [0.29, 0.717) is 17.9 Å². The minimum atomic E-state index is -0.912. The van der Waals surface area contributed by atoms with Crippen molar-refractivity contribution in [3.05, 3.63) is 65.5 Å². The van der Waals surface area contributed by atoms with Gasteiger partial charge in [0.25, 0.3) is 0 Å². The lowest BCUT2D eigenvalue weighted by Crippen LogP contribution is -2.33. The Bertz CT molecular complexity index is 645. The monoisotopic (exact) mass is 303 g/mol. The Labute approximate surface area is 128 Å². The van der Waals surface area contributed by atoms with Crippen LogP contribution in [0.15, 0.2) is 48.5 Å². The van der Waals surface area contributed by atoms with Gasteiger partial charge in [-0.05, 0) is 19.1 Å². The molecule has 0 aromatic heterocycles. The molecule has 0 aliphatic carbocycles. The largest absolute Gasteiger partial charge is 0.488 e. The Morgan fingerprint density at radius 3 is 2.50 bits per heavy atom. The number of rotatable bonds is 7. The molecule has 22 heavy (non-hydrogen) atoms. The number of hydrogen-bond donors (Lipinski definition) is 2. The molecule has 116 valence electrons. The van der Waals surface area contributed by atoms with Gasteiger partial charge in [-0.1, -0.05) is 36.4 Å². The average Bonchev–Trinajstić information content (AvgIpc) is 2.52. The van der Waals surface area contributed by atoms with Crippen LogP contribution in [0, 0.1) is 5.82 Å². The van der Waals surface area contributed by atoms with Gasteiger partial charge in [0.1, 0.15) is 24.2 Å². The third kappa shape index (κ3) is 4.30. The minimum Gasteiger partial charge on any atom is -0.488 e. The van der Waals surface area contributed by atoms with Gasteiger partial charge < -0.3 is 15.2 Å². The normalized spacial score (nSPS) is 11.9. The second-order valence-electron chi connectivity index (χ2n) is 4.93. The Kier molecular flexibility index (Phi) is 5.49. The van der Waals surface area contributed by atoms with Crippen LogP contribution in [-0.4, -0.2) is 17.1 Å². The molecular formula is C17H18FNO3. The minimum absolute atomic E-state index is 0.123. The number of carboxylic acid groups (broad SMARTS) is 1. The van der Waals surface area contributed by atoms with E-state index < -0.39 is 12.0 Å². The number of halogens is 1. The van der Waals surface area contributed by atoms with Crippen LogP contribution in [0.4, 0.5) is 4.39 Å². The van der Waals surface area contributed by atoms with E-state index in [2.05, 4.69) is 5.32 Å². The van der Waals surface area contributed by atoms with Crippen LogP contribution < -0.4 is 10.1 Å². The zero-order valence-corrected chi connectivity index (χ0v) is 12.3. The molecular weight excluding hydrogens is 285 g/mol. The first-order chi connectivity index (χ1) is 10.6. The molecule has 1 unspecified atom stereocenters. The lowest BCUT2D eigenvalue weighted by Gasteiger charge is -2.14. The number of carboxylic acids is 1. The van der Waals surface area contributed by atoms with Crippen molar-refractivity contribution in [3.63, 3.8) is 0 Å². The highest BCUT2D eigenvalue weighted by Gasteiger charge is 2.11. The molecule has 0 heterocycles. The molecule has 0 bridgehead atoms. The van der Waals surface area contributed by atoms with E-state index in [1.807, 2.05) is 18.2 Å². The Hall–Kier alpha value is -2.40. The summed E-state index contributed by atoms with van der Waals surface area (Å²) in [5.41, 5.74) is 1.30. The molecule has 0 aliphatic rings. The summed E-state index contributed by atoms with van der Waals surface area (Å²) < 4.78 is 19.2. The summed E-state index contributed by atoms with van der Waals surface area (Å²) in [6.07, 6.45) is 0. The fourth-order valence-corrected chi connectivity index (χ4v) is 1.91. The van der Waals surface area contributed by atoms with Gasteiger partial charge in [-0.3, -0.25) is 4.79 Å². The molecule has 1 atom stereocenters. The molecule has 0 saturated carbocycles. The summed E-state index contributed by atoms with van der Waals surface area (Å²) in [7, 11) is 0. The fraction of sp³-hybridized carbons (Fsp3) is 0.235. The van der Waals surface area contributed by atoms with E-state index in [9.17, 15) is 9.18 Å². The van der Waals surface area contributed by atoms with Crippen LogP contribution in [-0.2, 0) is 17.9 Å². The molecule has 2 N–H and O–H groups in total. The first-order valence-corrected chi connectivity index (χ1v) is 6.98. The maximum Gasteiger partial charge on any atom is 0.320 e. The van der Waals surface area contributed by atoms with E-state index >= 15 is 0 Å². The number of ether oxygens (including phenoxy) is 1. The predicted octanol–water partition coefficient (Wildman–Crippen LogP) is 2.97. The van der Waals surface area contributed by atoms with Gasteiger partial charge in [-0.15, -0.1) is 0 Å². The van der Waals surface area contributed by atoms with Gasteiger partial charge in [-0.25, -0.2) is 4.39 Å². The summed E-state index contributed by atoms with van der Waals surface area (Å²) in [6, 6.07) is 13.1. The van der Waals surface area contributed by atoms with Crippen LogP contribution in [0.2, 0.25) is 0 Å². The standard InChI is InChI=1S/C17H18FNO3/c1-12(17(20)21)19-10-13-6-3-5-9-16(13)22-11-14-7-2-4-8-15(14)18/h2-9,12,19H,10-11H2,1H3,(H,20,21). The highest BCUT2D eigenvalue weighted by atomic mass is 19.1. The molecule has 5 heteroatoms. The molecule has 4 nitrogen and oxygen atoms in total. The van der Waals surface area contributed by atoms with Crippen LogP contribution >= 0.6 is 0 Å². The summed E-state index contributed by atoms with van der Waals surface area (Å²) in [5, 5.41) is 11.8. The number of nitrogens with one attached hydrogen (secondary N) is 1. The van der Waals surface area contributed by atoms with Crippen molar-refractivity contribution >= 4 is 5.97 Å². The van der Waals surface area contributed by atoms with Gasteiger partial charge in [-0.2, -0.15) is 0 Å². The van der Waals surface area contributed by atoms with E-state index in [1.165, 1.54) is 6.07 Å². The second kappa shape index (κ2) is 7.56. The molecule has 0 fully saturated rings. The van der Waals surface area contributed by atoms with Gasteiger partial charge >= 0.3 is 5.97 Å². The average molecular weight is 303 g/mol. The number of para-hydroxylation sites is 1. The van der Waals surface area contributed by atoms with Crippen LogP contribution in [0.1, 0.15) is 18.1 Å². The van der Waals surface area contributed by atoms with E-state index in [4.69, 9.17) is 9.84 Å². The van der Waals surface area contributed by atoms with Crippen molar-refractivity contribution in [1.29, 1.82) is 0 Å². The topological polar surface area (TPSA) is 58.6 Å². The molecule has 0 amide bonds. The van der Waals surface area contributed by atoms with Crippen molar-refractivity contribution in [2.75, 3.05) is 0 Å². The molecule has 0 saturated heterocycles. The smallest absolute Gasteiger partial charge is 0.320 e. The number of aliphatic carboxylic acids is 1. The zero-order chi connectivity index (χ0) is 15.9. The lowest BCUT2D eigenvalue weighted by atomic mass is 10.2. The first-order valence-electron chi connectivity index (χ1n) is 6.98. The second-order valence-corrected chi connectivity index (χ2v) is 4.93. The third-order valence-corrected chi connectivity index (χ3v) is 3.28. The van der Waals surface area contributed by atoms with E-state index in [-0.39, 0.29) is 12.4 Å². The van der Waals surface area contributed by atoms with Crippen LogP contribution in [0.25, 0.3) is 0 Å². The molecule has 0 radical (unpaired) electrons. The summed E-state index contributed by atoms with van der Waals surface area (Å²) in [5.74, 6) is -0.613. The predicted molar refractivity (Wildman–Crippen MR) is 81.1 cm³/mol. The maximum absolute atomic E-state index is 13.6. The van der Waals surface area contributed by atoms with Crippen LogP contribution in [0.5, 0.6) is 5.75 Å². The Balaban J connectivity index is 2.02. The fourth-order valence-electron chi connectivity index (χ4n) is 1.91. The highest BCUT2D eigenvalue weighted by Crippen LogP contribution is 2.20. The summed E-state index contributed by atoms with van der Waals surface area (Å²) in [6.45, 7) is 2.06. The van der Waals surface area contributed by atoms with Gasteiger partial charge in [0.15, 0.2) is 0 Å². The highest BCUT2D eigenvalue weighted by molar-refractivity contribution is 5.72. The Morgan fingerprint density at radius 1 is 1.18 bits per heavy atom. The zero-order valence-electron chi connectivity index (χ0n) is 12.3. The lowest BCUT2D eigenvalue weighted by molar-refractivity contribution is -0.139. The number of benzene rings is 2. The molecule has 0 aliphatic heterocycles. The maximum atomic E-state index is 13.6. The van der Waals surface area contributed by atoms with Gasteiger partial charge in [0.05, 0.1) is 0 Å². The van der Waals surface area contributed by atoms with Crippen molar-refractivity contribution in [2.45, 2.75) is 26.1 Å². The molecule has 2 aromatic carbocycles. The molecule has 0 spiro atoms. The van der Waals surface area contributed by atoms with Crippen molar-refractivity contribution in [1.82, 2.24) is 5.32 Å². The van der Waals surface area contributed by atoms with Gasteiger partial charge in [0.2, 0.25) is 0 Å². The third-order valence-electron chi connectivity index (χ3n) is 3.28. The molecule has 2 aromatic rings. The number of hydrogen-bond acceptors (Lipinski definition) is 3. The van der Waals surface area contributed by atoms with E-state index in [0.717, 1.165) is 5.56 Å². The Morgan fingerprint density at radius 2 is 1.82 bits per heavy atom. The quantitative estimate of drug-likeness (QED) is 0.825. The van der Waals surface area contributed by atoms with E-state index in [1.54, 1.807) is 31.2 Å². The van der Waals surface area contributed by atoms with Crippen molar-refractivity contribution in [3.8, 4) is 5.75 Å². The first kappa shape index (κ1) is 16.0. The summed E-state index contributed by atoms with van der Waals surface area (Å²) in [4.78, 5) is 10.8.